The molecule has 5 amide bonds. The summed E-state index contributed by atoms with van der Waals surface area (Å²) in [5, 5.41) is 2.51. The topological polar surface area (TPSA) is 86.8 Å². The Labute approximate surface area is 160 Å². The van der Waals surface area contributed by atoms with Crippen molar-refractivity contribution < 1.29 is 23.6 Å². The quantitative estimate of drug-likeness (QED) is 0.608. The van der Waals surface area contributed by atoms with Crippen LogP contribution in [0, 0.1) is 12.7 Å². The summed E-state index contributed by atoms with van der Waals surface area (Å²) < 4.78 is 13.5. The first-order valence-corrected chi connectivity index (χ1v) is 8.60. The van der Waals surface area contributed by atoms with Gasteiger partial charge in [0.2, 0.25) is 5.91 Å². The van der Waals surface area contributed by atoms with Crippen LogP contribution < -0.4 is 5.32 Å². The molecule has 0 saturated carbocycles. The van der Waals surface area contributed by atoms with E-state index in [0.717, 1.165) is 4.90 Å². The fraction of sp³-hybridized carbons (Fsp3) is 0.200. The number of hydrogen-bond donors (Lipinski definition) is 1. The number of hydrogen-bond acceptors (Lipinski definition) is 4. The molecule has 0 aliphatic carbocycles. The maximum Gasteiger partial charge on any atom is 0.335 e. The lowest BCUT2D eigenvalue weighted by atomic mass is 10.1. The van der Waals surface area contributed by atoms with Gasteiger partial charge in [-0.05, 0) is 29.7 Å². The van der Waals surface area contributed by atoms with Crippen LogP contribution in [0.15, 0.2) is 48.5 Å². The molecule has 1 heterocycles. The molecule has 0 spiro atoms. The van der Waals surface area contributed by atoms with Crippen molar-refractivity contribution in [2.24, 2.45) is 0 Å². The van der Waals surface area contributed by atoms with Gasteiger partial charge in [0.25, 0.3) is 0 Å². The minimum atomic E-state index is -1.04. The summed E-state index contributed by atoms with van der Waals surface area (Å²) in [5.74, 6) is -3.03. The van der Waals surface area contributed by atoms with Crippen LogP contribution in [0.25, 0.3) is 0 Å². The molecule has 2 aromatic carbocycles. The molecule has 0 bridgehead atoms. The van der Waals surface area contributed by atoms with Gasteiger partial charge in [0.15, 0.2) is 0 Å². The highest BCUT2D eigenvalue weighted by Crippen LogP contribution is 2.16. The van der Waals surface area contributed by atoms with E-state index < -0.39 is 36.1 Å². The van der Waals surface area contributed by atoms with Crippen molar-refractivity contribution in [2.45, 2.75) is 20.0 Å². The second-order valence-electron chi connectivity index (χ2n) is 6.41. The van der Waals surface area contributed by atoms with E-state index in [9.17, 15) is 23.6 Å². The summed E-state index contributed by atoms with van der Waals surface area (Å²) >= 11 is 0. The van der Waals surface area contributed by atoms with Crippen LogP contribution in [0.5, 0.6) is 0 Å². The minimum Gasteiger partial charge on any atom is -0.350 e. The zero-order valence-corrected chi connectivity index (χ0v) is 15.1. The third-order valence-corrected chi connectivity index (χ3v) is 4.35. The molecule has 0 atom stereocenters. The largest absolute Gasteiger partial charge is 0.350 e. The number of benzene rings is 2. The van der Waals surface area contributed by atoms with E-state index >= 15 is 0 Å². The van der Waals surface area contributed by atoms with Crippen molar-refractivity contribution >= 4 is 23.8 Å². The lowest BCUT2D eigenvalue weighted by molar-refractivity contribution is -0.144. The Kier molecular flexibility index (Phi) is 5.49. The fourth-order valence-corrected chi connectivity index (χ4v) is 2.74. The number of aryl methyl sites for hydroxylation is 1. The highest BCUT2D eigenvalue weighted by Gasteiger charge is 2.45. The first-order chi connectivity index (χ1) is 13.4. The standard InChI is InChI=1S/C20H18FN3O4/c1-13-7-8-15(9-16(13)21)10-22-17(25)12-24-19(27)18(26)23(20(24)28)11-14-5-3-2-4-6-14/h2-9H,10-12H2,1H3,(H,22,25). The number of imide groups is 2. The summed E-state index contributed by atoms with van der Waals surface area (Å²) in [6, 6.07) is 12.5. The first-order valence-electron chi connectivity index (χ1n) is 8.60. The van der Waals surface area contributed by atoms with E-state index in [1.54, 1.807) is 49.4 Å². The van der Waals surface area contributed by atoms with Gasteiger partial charge in [-0.25, -0.2) is 14.1 Å². The molecule has 0 radical (unpaired) electrons. The number of rotatable bonds is 6. The van der Waals surface area contributed by atoms with Gasteiger partial charge < -0.3 is 5.32 Å². The highest BCUT2D eigenvalue weighted by molar-refractivity contribution is 6.44. The van der Waals surface area contributed by atoms with E-state index in [4.69, 9.17) is 0 Å². The Morgan fingerprint density at radius 2 is 1.64 bits per heavy atom. The van der Waals surface area contributed by atoms with Crippen LogP contribution >= 0.6 is 0 Å². The molecule has 3 rings (SSSR count). The molecule has 144 valence electrons. The zero-order chi connectivity index (χ0) is 20.3. The van der Waals surface area contributed by atoms with E-state index in [-0.39, 0.29) is 13.1 Å². The van der Waals surface area contributed by atoms with Gasteiger partial charge in [-0.2, -0.15) is 0 Å². The van der Waals surface area contributed by atoms with Crippen molar-refractivity contribution in [3.63, 3.8) is 0 Å². The number of halogens is 1. The molecule has 1 aliphatic heterocycles. The third kappa shape index (κ3) is 4.06. The average molecular weight is 383 g/mol. The van der Waals surface area contributed by atoms with E-state index in [2.05, 4.69) is 5.32 Å². The van der Waals surface area contributed by atoms with Crippen LogP contribution in [-0.4, -0.2) is 40.1 Å². The van der Waals surface area contributed by atoms with E-state index in [1.165, 1.54) is 6.07 Å². The Hall–Kier alpha value is -3.55. The van der Waals surface area contributed by atoms with Crippen LogP contribution in [-0.2, 0) is 27.5 Å². The summed E-state index contributed by atoms with van der Waals surface area (Å²) in [7, 11) is 0. The average Bonchev–Trinajstić information content (AvgIpc) is 2.88. The Bertz CT molecular complexity index is 946. The zero-order valence-electron chi connectivity index (χ0n) is 15.1. The summed E-state index contributed by atoms with van der Waals surface area (Å²) in [4.78, 5) is 50.1. The minimum absolute atomic E-state index is 0.0356. The SMILES string of the molecule is Cc1ccc(CNC(=O)CN2C(=O)C(=O)N(Cc3ccccc3)C2=O)cc1F. The molecular formula is C20H18FN3O4. The molecular weight excluding hydrogens is 365 g/mol. The van der Waals surface area contributed by atoms with Crippen molar-refractivity contribution in [1.82, 2.24) is 15.1 Å². The molecule has 1 aliphatic rings. The van der Waals surface area contributed by atoms with Crippen molar-refractivity contribution in [1.29, 1.82) is 0 Å². The van der Waals surface area contributed by atoms with Crippen LogP contribution in [0.3, 0.4) is 0 Å². The molecule has 28 heavy (non-hydrogen) atoms. The fourth-order valence-electron chi connectivity index (χ4n) is 2.74. The Morgan fingerprint density at radius 1 is 0.964 bits per heavy atom. The van der Waals surface area contributed by atoms with Gasteiger partial charge in [0.1, 0.15) is 12.4 Å². The predicted molar refractivity (Wildman–Crippen MR) is 97.1 cm³/mol. The van der Waals surface area contributed by atoms with Crippen LogP contribution in [0.2, 0.25) is 0 Å². The summed E-state index contributed by atoms with van der Waals surface area (Å²) in [5.41, 5.74) is 1.71. The molecule has 1 saturated heterocycles. The molecule has 0 unspecified atom stereocenters. The maximum atomic E-state index is 13.5. The van der Waals surface area contributed by atoms with E-state index in [1.807, 2.05) is 0 Å². The molecule has 7 nitrogen and oxygen atoms in total. The molecule has 2 aromatic rings. The lowest BCUT2D eigenvalue weighted by Gasteiger charge is -2.15. The first kappa shape index (κ1) is 19.2. The monoisotopic (exact) mass is 383 g/mol. The number of carbonyl (C=O) groups excluding carboxylic acids is 4. The Morgan fingerprint density at radius 3 is 2.32 bits per heavy atom. The number of amides is 5. The molecule has 1 fully saturated rings. The predicted octanol–water partition coefficient (Wildman–Crippen LogP) is 1.74. The Balaban J connectivity index is 1.60. The summed E-state index contributed by atoms with van der Waals surface area (Å²) in [6.07, 6.45) is 0. The number of carbonyl (C=O) groups is 4. The van der Waals surface area contributed by atoms with Gasteiger partial charge >= 0.3 is 17.8 Å². The van der Waals surface area contributed by atoms with Crippen molar-refractivity contribution in [2.75, 3.05) is 6.54 Å². The molecule has 8 heteroatoms. The van der Waals surface area contributed by atoms with Gasteiger partial charge in [-0.1, -0.05) is 42.5 Å². The molecule has 0 aromatic heterocycles. The number of nitrogens with one attached hydrogen (secondary N) is 1. The van der Waals surface area contributed by atoms with Crippen molar-refractivity contribution in [3.05, 3.63) is 71.0 Å². The van der Waals surface area contributed by atoms with Crippen LogP contribution in [0.4, 0.5) is 9.18 Å². The number of urea groups is 1. The third-order valence-electron chi connectivity index (χ3n) is 4.35. The second kappa shape index (κ2) is 7.99. The van der Waals surface area contributed by atoms with Gasteiger partial charge in [-0.3, -0.25) is 19.3 Å². The van der Waals surface area contributed by atoms with Gasteiger partial charge in [0, 0.05) is 6.54 Å². The summed E-state index contributed by atoms with van der Waals surface area (Å²) in [6.45, 7) is 1.03. The maximum absolute atomic E-state index is 13.5. The van der Waals surface area contributed by atoms with Crippen LogP contribution in [0.1, 0.15) is 16.7 Å². The number of nitrogens with zero attached hydrogens (tertiary/aromatic N) is 2. The van der Waals surface area contributed by atoms with Gasteiger partial charge in [-0.15, -0.1) is 0 Å². The van der Waals surface area contributed by atoms with Gasteiger partial charge in [0.05, 0.1) is 6.54 Å². The molecule has 1 N–H and O–H groups in total. The highest BCUT2D eigenvalue weighted by atomic mass is 19.1. The normalized spacial score (nSPS) is 14.0. The smallest absolute Gasteiger partial charge is 0.335 e. The van der Waals surface area contributed by atoms with E-state index in [0.29, 0.717) is 21.6 Å². The second-order valence-corrected chi connectivity index (χ2v) is 6.41. The van der Waals surface area contributed by atoms with Crippen molar-refractivity contribution in [3.8, 4) is 0 Å². The lowest BCUT2D eigenvalue weighted by Crippen LogP contribution is -2.41.